The van der Waals surface area contributed by atoms with Crippen molar-refractivity contribution in [3.05, 3.63) is 84.9 Å². The standard InChI is InChI=1S/C20H18N4O3/c1-12-17(19(26)18(12)25)24-7-5-14-3-2-13(8-16(14)11-24)9-21-20(27)15-4-6-22-23-10-15/h2-4,6,8,10H,5,7,9,11H2,1H3,(H,21,27). The number of benzene rings is 1. The number of rotatable bonds is 4. The molecule has 3 aromatic rings. The van der Waals surface area contributed by atoms with Crippen LogP contribution in [-0.4, -0.2) is 22.6 Å². The molecule has 1 aliphatic rings. The van der Waals surface area contributed by atoms with Gasteiger partial charge in [0.15, 0.2) is 0 Å². The Bertz CT molecular complexity index is 1080. The molecule has 2 heterocycles. The first-order valence-electron chi connectivity index (χ1n) is 8.75. The quantitative estimate of drug-likeness (QED) is 0.693. The maximum atomic E-state index is 12.1. The number of anilines is 1. The number of hydrogen-bond donors (Lipinski definition) is 1. The second kappa shape index (κ2) is 6.75. The van der Waals surface area contributed by atoms with Crippen LogP contribution in [0.4, 0.5) is 5.69 Å². The second-order valence-corrected chi connectivity index (χ2v) is 6.72. The molecule has 136 valence electrons. The van der Waals surface area contributed by atoms with Crippen molar-refractivity contribution in [3.8, 4) is 0 Å². The number of amides is 1. The summed E-state index contributed by atoms with van der Waals surface area (Å²) in [5.41, 5.74) is 4.13. The lowest BCUT2D eigenvalue weighted by molar-refractivity contribution is 0.0950. The van der Waals surface area contributed by atoms with E-state index >= 15 is 0 Å². The first kappa shape index (κ1) is 17.1. The van der Waals surface area contributed by atoms with Crippen LogP contribution in [0.3, 0.4) is 0 Å². The molecule has 1 aromatic heterocycles. The van der Waals surface area contributed by atoms with Gasteiger partial charge in [0.2, 0.25) is 10.9 Å². The molecule has 0 aliphatic carbocycles. The van der Waals surface area contributed by atoms with E-state index < -0.39 is 0 Å². The van der Waals surface area contributed by atoms with Crippen LogP contribution in [0.1, 0.15) is 32.6 Å². The highest BCUT2D eigenvalue weighted by Gasteiger charge is 2.25. The summed E-state index contributed by atoms with van der Waals surface area (Å²) < 4.78 is 0. The van der Waals surface area contributed by atoms with Crippen LogP contribution < -0.4 is 21.1 Å². The van der Waals surface area contributed by atoms with Gasteiger partial charge < -0.3 is 10.2 Å². The van der Waals surface area contributed by atoms with Gasteiger partial charge in [-0.2, -0.15) is 10.2 Å². The van der Waals surface area contributed by atoms with Gasteiger partial charge in [-0.05, 0) is 36.1 Å². The van der Waals surface area contributed by atoms with Gasteiger partial charge in [0.05, 0.1) is 23.6 Å². The highest BCUT2D eigenvalue weighted by Crippen LogP contribution is 2.25. The summed E-state index contributed by atoms with van der Waals surface area (Å²) in [7, 11) is 0. The molecule has 1 N–H and O–H groups in total. The lowest BCUT2D eigenvalue weighted by Gasteiger charge is -2.32. The Morgan fingerprint density at radius 3 is 2.74 bits per heavy atom. The minimum Gasteiger partial charge on any atom is -0.363 e. The number of nitrogens with one attached hydrogen (secondary N) is 1. The normalized spacial score (nSPS) is 13.4. The van der Waals surface area contributed by atoms with Crippen LogP contribution in [-0.2, 0) is 19.5 Å². The summed E-state index contributed by atoms with van der Waals surface area (Å²) in [4.78, 5) is 37.5. The van der Waals surface area contributed by atoms with Crippen molar-refractivity contribution in [1.29, 1.82) is 0 Å². The summed E-state index contributed by atoms with van der Waals surface area (Å²) in [6.45, 7) is 3.42. The van der Waals surface area contributed by atoms with Crippen molar-refractivity contribution in [2.24, 2.45) is 0 Å². The van der Waals surface area contributed by atoms with E-state index in [4.69, 9.17) is 0 Å². The van der Waals surface area contributed by atoms with Crippen molar-refractivity contribution >= 4 is 11.6 Å². The van der Waals surface area contributed by atoms with E-state index in [1.165, 1.54) is 18.0 Å². The Hall–Kier alpha value is -3.35. The van der Waals surface area contributed by atoms with Crippen LogP contribution in [0.2, 0.25) is 0 Å². The van der Waals surface area contributed by atoms with Crippen LogP contribution >= 0.6 is 0 Å². The Kier molecular flexibility index (Phi) is 4.27. The molecule has 0 atom stereocenters. The zero-order valence-corrected chi connectivity index (χ0v) is 14.9. The molecule has 0 unspecified atom stereocenters. The van der Waals surface area contributed by atoms with Crippen molar-refractivity contribution in [2.75, 3.05) is 11.4 Å². The third-order valence-electron chi connectivity index (χ3n) is 5.02. The van der Waals surface area contributed by atoms with Crippen molar-refractivity contribution in [1.82, 2.24) is 15.5 Å². The molecule has 0 saturated heterocycles. The Labute approximate surface area is 155 Å². The second-order valence-electron chi connectivity index (χ2n) is 6.72. The maximum Gasteiger partial charge on any atom is 0.253 e. The Morgan fingerprint density at radius 2 is 2.00 bits per heavy atom. The molecular formula is C20H18N4O3. The Morgan fingerprint density at radius 1 is 1.15 bits per heavy atom. The van der Waals surface area contributed by atoms with E-state index in [-0.39, 0.29) is 16.8 Å². The highest BCUT2D eigenvalue weighted by molar-refractivity contribution is 5.93. The van der Waals surface area contributed by atoms with E-state index in [1.807, 2.05) is 17.0 Å². The number of hydrogen-bond acceptors (Lipinski definition) is 6. The van der Waals surface area contributed by atoms with Gasteiger partial charge in [0, 0.05) is 25.2 Å². The van der Waals surface area contributed by atoms with Gasteiger partial charge >= 0.3 is 0 Å². The summed E-state index contributed by atoms with van der Waals surface area (Å²) in [5, 5.41) is 10.2. The fourth-order valence-electron chi connectivity index (χ4n) is 3.49. The molecule has 1 aliphatic heterocycles. The number of aromatic nitrogens is 2. The minimum absolute atomic E-state index is 0.205. The van der Waals surface area contributed by atoms with Crippen LogP contribution in [0.25, 0.3) is 0 Å². The molecule has 0 bridgehead atoms. The first-order chi connectivity index (χ1) is 13.0. The van der Waals surface area contributed by atoms with E-state index in [9.17, 15) is 14.4 Å². The largest absolute Gasteiger partial charge is 0.363 e. The molecule has 7 nitrogen and oxygen atoms in total. The first-order valence-corrected chi connectivity index (χ1v) is 8.75. The van der Waals surface area contributed by atoms with Crippen LogP contribution in [0.15, 0.2) is 46.2 Å². The Balaban J connectivity index is 1.47. The molecule has 1 amide bonds. The number of nitrogens with zero attached hydrogens (tertiary/aromatic N) is 3. The molecule has 0 radical (unpaired) electrons. The molecule has 27 heavy (non-hydrogen) atoms. The lowest BCUT2D eigenvalue weighted by Crippen LogP contribution is -2.44. The van der Waals surface area contributed by atoms with Gasteiger partial charge in [0.25, 0.3) is 5.91 Å². The molecule has 2 aromatic carbocycles. The third kappa shape index (κ3) is 3.12. The minimum atomic E-state index is -0.384. The number of carbonyl (C=O) groups is 1. The van der Waals surface area contributed by atoms with E-state index in [0.29, 0.717) is 29.9 Å². The van der Waals surface area contributed by atoms with Gasteiger partial charge in [-0.25, -0.2) is 0 Å². The average Bonchev–Trinajstić information content (AvgIpc) is 2.72. The molecule has 0 spiro atoms. The topological polar surface area (TPSA) is 92.3 Å². The monoisotopic (exact) mass is 362 g/mol. The summed E-state index contributed by atoms with van der Waals surface area (Å²) in [6.07, 6.45) is 3.72. The van der Waals surface area contributed by atoms with Gasteiger partial charge in [-0.3, -0.25) is 14.4 Å². The average molecular weight is 362 g/mol. The molecule has 7 heteroatoms. The molecule has 0 fully saturated rings. The van der Waals surface area contributed by atoms with E-state index in [0.717, 1.165) is 24.1 Å². The lowest BCUT2D eigenvalue weighted by atomic mass is 9.95. The smallest absolute Gasteiger partial charge is 0.253 e. The summed E-state index contributed by atoms with van der Waals surface area (Å²) >= 11 is 0. The van der Waals surface area contributed by atoms with Gasteiger partial charge in [-0.1, -0.05) is 18.2 Å². The van der Waals surface area contributed by atoms with Crippen molar-refractivity contribution in [3.63, 3.8) is 0 Å². The molecule has 4 rings (SSSR count). The van der Waals surface area contributed by atoms with Crippen molar-refractivity contribution in [2.45, 2.75) is 26.4 Å². The molecule has 0 saturated carbocycles. The van der Waals surface area contributed by atoms with Gasteiger partial charge in [-0.15, -0.1) is 0 Å². The summed E-state index contributed by atoms with van der Waals surface area (Å²) in [6, 6.07) is 7.73. The predicted molar refractivity (Wildman–Crippen MR) is 100 cm³/mol. The fraction of sp³-hybridized carbons (Fsp3) is 0.250. The molecular weight excluding hydrogens is 344 g/mol. The SMILES string of the molecule is Cc1c(N2CCc3ccc(CNC(=O)c4ccnnc4)cc3C2)c(=O)c1=O. The highest BCUT2D eigenvalue weighted by atomic mass is 16.2. The van der Waals surface area contributed by atoms with Crippen LogP contribution in [0, 0.1) is 6.92 Å². The number of fused-ring (bicyclic) bond motifs is 1. The number of carbonyl (C=O) groups excluding carboxylic acids is 1. The zero-order chi connectivity index (χ0) is 19.0. The van der Waals surface area contributed by atoms with Gasteiger partial charge in [0.1, 0.15) is 0 Å². The third-order valence-corrected chi connectivity index (χ3v) is 5.02. The van der Waals surface area contributed by atoms with E-state index in [1.54, 1.807) is 13.0 Å². The fourth-order valence-corrected chi connectivity index (χ4v) is 3.49. The van der Waals surface area contributed by atoms with Crippen molar-refractivity contribution < 1.29 is 4.79 Å². The van der Waals surface area contributed by atoms with E-state index in [2.05, 4.69) is 21.6 Å². The van der Waals surface area contributed by atoms with Crippen LogP contribution in [0.5, 0.6) is 0 Å². The maximum absolute atomic E-state index is 12.1. The predicted octanol–water partition coefficient (Wildman–Crippen LogP) is 0.874. The zero-order valence-electron chi connectivity index (χ0n) is 14.9. The summed E-state index contributed by atoms with van der Waals surface area (Å²) in [5.74, 6) is -0.205.